The van der Waals surface area contributed by atoms with Crippen molar-refractivity contribution in [2.75, 3.05) is 0 Å². The number of rotatable bonds is 9. The fraction of sp³-hybridized carbons (Fsp3) is 0.500. The molecule has 0 spiro atoms. The first kappa shape index (κ1) is 23.8. The van der Waals surface area contributed by atoms with Gasteiger partial charge in [0.1, 0.15) is 0 Å². The molecule has 0 aromatic carbocycles. The van der Waals surface area contributed by atoms with Gasteiger partial charge in [-0.25, -0.2) is 0 Å². The second kappa shape index (κ2) is 13.7. The lowest BCUT2D eigenvalue weighted by Crippen LogP contribution is -1.79. The molecule has 0 saturated heterocycles. The number of hydrogen-bond donors (Lipinski definition) is 0. The standard InChI is InChI=1S/C24H28Br2S2/c1-3-5-7-9-11-13-15-19-17-21(25)27-23(19)24-20(18-22(26)28-24)16-14-12-10-8-6-4-2/h17-18H,3-12H2,1-2H3. The maximum atomic E-state index is 3.65. The van der Waals surface area contributed by atoms with E-state index < -0.39 is 0 Å². The summed E-state index contributed by atoms with van der Waals surface area (Å²) in [6.45, 7) is 4.48. The van der Waals surface area contributed by atoms with E-state index in [0.717, 1.165) is 31.5 Å². The summed E-state index contributed by atoms with van der Waals surface area (Å²) in [5.41, 5.74) is 2.24. The molecule has 0 amide bonds. The Hall–Kier alpha value is -0.520. The summed E-state index contributed by atoms with van der Waals surface area (Å²) >= 11 is 10.8. The number of unbranched alkanes of at least 4 members (excludes halogenated alkanes) is 8. The monoisotopic (exact) mass is 538 g/mol. The highest BCUT2D eigenvalue weighted by Crippen LogP contribution is 2.42. The fourth-order valence-corrected chi connectivity index (χ4v) is 6.11. The molecule has 0 saturated carbocycles. The van der Waals surface area contributed by atoms with Crippen LogP contribution in [0.15, 0.2) is 19.7 Å². The third-order valence-electron chi connectivity index (χ3n) is 4.37. The van der Waals surface area contributed by atoms with Gasteiger partial charge in [-0.05, 0) is 56.8 Å². The third-order valence-corrected chi connectivity index (χ3v) is 7.81. The van der Waals surface area contributed by atoms with Crippen LogP contribution < -0.4 is 0 Å². The predicted octanol–water partition coefficient (Wildman–Crippen LogP) is 9.65. The molecule has 2 aromatic heterocycles. The van der Waals surface area contributed by atoms with Gasteiger partial charge in [-0.2, -0.15) is 0 Å². The SMILES string of the molecule is CCCCCCC#Cc1cc(Br)sc1-c1sc(Br)cc1C#CCCCCCC. The molecule has 0 aliphatic heterocycles. The van der Waals surface area contributed by atoms with Crippen LogP contribution in [0.4, 0.5) is 0 Å². The van der Waals surface area contributed by atoms with Crippen LogP contribution in [0, 0.1) is 23.7 Å². The minimum absolute atomic E-state index is 0.978. The Bertz CT molecular complexity index is 781. The van der Waals surface area contributed by atoms with Gasteiger partial charge in [0.25, 0.3) is 0 Å². The summed E-state index contributed by atoms with van der Waals surface area (Å²) in [5.74, 6) is 13.6. The normalized spacial score (nSPS) is 10.3. The molecule has 28 heavy (non-hydrogen) atoms. The minimum atomic E-state index is 0.978. The molecule has 0 aliphatic carbocycles. The van der Waals surface area contributed by atoms with E-state index in [1.54, 1.807) is 22.7 Å². The molecule has 150 valence electrons. The summed E-state index contributed by atoms with van der Waals surface area (Å²) in [6.07, 6.45) is 12.1. The largest absolute Gasteiger partial charge is 0.126 e. The molecule has 0 fully saturated rings. The van der Waals surface area contributed by atoms with Crippen LogP contribution in [-0.2, 0) is 0 Å². The van der Waals surface area contributed by atoms with Crippen LogP contribution >= 0.6 is 54.5 Å². The molecule has 0 N–H and O–H groups in total. The van der Waals surface area contributed by atoms with Gasteiger partial charge >= 0.3 is 0 Å². The topological polar surface area (TPSA) is 0 Å². The highest BCUT2D eigenvalue weighted by atomic mass is 79.9. The first-order valence-corrected chi connectivity index (χ1v) is 13.4. The molecule has 0 bridgehead atoms. The molecule has 0 nitrogen and oxygen atoms in total. The van der Waals surface area contributed by atoms with Crippen molar-refractivity contribution in [3.8, 4) is 33.4 Å². The van der Waals surface area contributed by atoms with E-state index in [-0.39, 0.29) is 0 Å². The summed E-state index contributed by atoms with van der Waals surface area (Å²) in [7, 11) is 0. The Morgan fingerprint density at radius 3 is 1.50 bits per heavy atom. The molecule has 0 atom stereocenters. The molecule has 0 aliphatic rings. The highest BCUT2D eigenvalue weighted by Gasteiger charge is 2.15. The lowest BCUT2D eigenvalue weighted by atomic mass is 10.1. The zero-order valence-electron chi connectivity index (χ0n) is 16.8. The van der Waals surface area contributed by atoms with Crippen LogP contribution in [-0.4, -0.2) is 0 Å². The van der Waals surface area contributed by atoms with Crippen molar-refractivity contribution >= 4 is 54.5 Å². The first-order chi connectivity index (χ1) is 13.7. The molecule has 2 rings (SSSR count). The van der Waals surface area contributed by atoms with Gasteiger partial charge in [0.05, 0.1) is 17.3 Å². The summed E-state index contributed by atoms with van der Waals surface area (Å²) in [4.78, 5) is 2.47. The average molecular weight is 540 g/mol. The summed E-state index contributed by atoms with van der Waals surface area (Å²) in [5, 5.41) is 0. The number of thiophene rings is 2. The van der Waals surface area contributed by atoms with Gasteiger partial charge < -0.3 is 0 Å². The van der Waals surface area contributed by atoms with Gasteiger partial charge in [0.2, 0.25) is 0 Å². The van der Waals surface area contributed by atoms with Gasteiger partial charge in [0.15, 0.2) is 0 Å². The van der Waals surface area contributed by atoms with E-state index in [1.165, 1.54) is 61.1 Å². The maximum absolute atomic E-state index is 3.65. The van der Waals surface area contributed by atoms with Crippen molar-refractivity contribution in [3.05, 3.63) is 30.8 Å². The van der Waals surface area contributed by atoms with Crippen molar-refractivity contribution in [1.82, 2.24) is 0 Å². The molecular weight excluding hydrogens is 512 g/mol. The van der Waals surface area contributed by atoms with Gasteiger partial charge in [0, 0.05) is 24.0 Å². The Kier molecular flexibility index (Phi) is 11.6. The minimum Gasteiger partial charge on any atom is -0.126 e. The van der Waals surface area contributed by atoms with Crippen molar-refractivity contribution in [2.24, 2.45) is 0 Å². The van der Waals surface area contributed by atoms with Crippen molar-refractivity contribution in [1.29, 1.82) is 0 Å². The van der Waals surface area contributed by atoms with Gasteiger partial charge in [-0.1, -0.05) is 76.1 Å². The lowest BCUT2D eigenvalue weighted by Gasteiger charge is -1.97. The maximum Gasteiger partial charge on any atom is 0.0718 e. The Labute approximate surface area is 195 Å². The first-order valence-electron chi connectivity index (χ1n) is 10.2. The Balaban J connectivity index is 2.13. The Morgan fingerprint density at radius 2 is 1.11 bits per heavy atom. The van der Waals surface area contributed by atoms with Crippen LogP contribution in [0.3, 0.4) is 0 Å². The molecule has 2 heterocycles. The molecular formula is C24H28Br2S2. The second-order valence-electron chi connectivity index (χ2n) is 6.81. The average Bonchev–Trinajstić information content (AvgIpc) is 3.22. The molecule has 0 unspecified atom stereocenters. The van der Waals surface area contributed by atoms with Gasteiger partial charge in [-0.15, -0.1) is 22.7 Å². The van der Waals surface area contributed by atoms with Crippen LogP contribution in [0.1, 0.15) is 89.2 Å². The third kappa shape index (κ3) is 8.08. The molecule has 4 heteroatoms. The highest BCUT2D eigenvalue weighted by molar-refractivity contribution is 9.11. The number of halogens is 2. The summed E-state index contributed by atoms with van der Waals surface area (Å²) < 4.78 is 2.25. The van der Waals surface area contributed by atoms with Crippen molar-refractivity contribution in [2.45, 2.75) is 78.1 Å². The lowest BCUT2D eigenvalue weighted by molar-refractivity contribution is 0.679. The van der Waals surface area contributed by atoms with Crippen LogP contribution in [0.2, 0.25) is 0 Å². The van der Waals surface area contributed by atoms with E-state index >= 15 is 0 Å². The second-order valence-corrected chi connectivity index (χ2v) is 11.7. The molecule has 2 aromatic rings. The van der Waals surface area contributed by atoms with E-state index in [4.69, 9.17) is 0 Å². The van der Waals surface area contributed by atoms with Crippen LogP contribution in [0.5, 0.6) is 0 Å². The molecule has 0 radical (unpaired) electrons. The van der Waals surface area contributed by atoms with E-state index in [1.807, 2.05) is 0 Å². The summed E-state index contributed by atoms with van der Waals surface area (Å²) in [6, 6.07) is 4.29. The van der Waals surface area contributed by atoms with Crippen LogP contribution in [0.25, 0.3) is 9.75 Å². The van der Waals surface area contributed by atoms with E-state index in [0.29, 0.717) is 0 Å². The number of hydrogen-bond acceptors (Lipinski definition) is 2. The quantitative estimate of drug-likeness (QED) is 0.219. The van der Waals surface area contributed by atoms with Crippen molar-refractivity contribution in [3.63, 3.8) is 0 Å². The Morgan fingerprint density at radius 1 is 0.679 bits per heavy atom. The van der Waals surface area contributed by atoms with Crippen molar-refractivity contribution < 1.29 is 0 Å². The zero-order valence-corrected chi connectivity index (χ0v) is 21.6. The van der Waals surface area contributed by atoms with E-state index in [9.17, 15) is 0 Å². The predicted molar refractivity (Wildman–Crippen MR) is 134 cm³/mol. The zero-order chi connectivity index (χ0) is 20.2. The smallest absolute Gasteiger partial charge is 0.0718 e. The fourth-order valence-electron chi connectivity index (χ4n) is 2.84. The van der Waals surface area contributed by atoms with E-state index in [2.05, 4.69) is 81.5 Å². The van der Waals surface area contributed by atoms with Gasteiger partial charge in [-0.3, -0.25) is 0 Å².